The molecule has 4 aromatic rings. The average Bonchev–Trinajstić information content (AvgIpc) is 3.40. The highest BCUT2D eigenvalue weighted by Gasteiger charge is 2.18. The second-order valence-electron chi connectivity index (χ2n) is 8.51. The van der Waals surface area contributed by atoms with E-state index in [9.17, 15) is 9.59 Å². The number of aromatic nitrogens is 4. The van der Waals surface area contributed by atoms with E-state index in [0.29, 0.717) is 13.1 Å². The van der Waals surface area contributed by atoms with Crippen molar-refractivity contribution in [1.29, 1.82) is 0 Å². The van der Waals surface area contributed by atoms with Gasteiger partial charge in [-0.05, 0) is 38.1 Å². The van der Waals surface area contributed by atoms with Crippen molar-refractivity contribution in [3.63, 3.8) is 0 Å². The van der Waals surface area contributed by atoms with Crippen LogP contribution in [0.1, 0.15) is 25.5 Å². The van der Waals surface area contributed by atoms with Crippen LogP contribution in [0.25, 0.3) is 22.1 Å². The van der Waals surface area contributed by atoms with Crippen LogP contribution in [-0.4, -0.2) is 66.3 Å². The van der Waals surface area contributed by atoms with Crippen molar-refractivity contribution in [2.24, 2.45) is 0 Å². The number of carbonyl (C=O) groups excluding carboxylic acids is 2. The van der Waals surface area contributed by atoms with Crippen LogP contribution in [0, 0.1) is 0 Å². The molecule has 4 rings (SSSR count). The number of hydrogen-bond donors (Lipinski definition) is 0. The number of imidazole rings is 2. The third-order valence-corrected chi connectivity index (χ3v) is 7.06. The summed E-state index contributed by atoms with van der Waals surface area (Å²) in [7, 11) is 3.57. The van der Waals surface area contributed by atoms with Gasteiger partial charge in [-0.2, -0.15) is 0 Å². The van der Waals surface area contributed by atoms with Crippen molar-refractivity contribution in [2.75, 3.05) is 25.6 Å². The number of para-hydroxylation sites is 4. The number of amides is 2. The molecule has 0 aliphatic heterocycles. The molecule has 9 heteroatoms. The minimum Gasteiger partial charge on any atom is -0.338 e. The Morgan fingerprint density at radius 2 is 1.14 bits per heavy atom. The molecular formula is C26H32N6O2S. The van der Waals surface area contributed by atoms with Crippen LogP contribution < -0.4 is 0 Å². The highest BCUT2D eigenvalue weighted by molar-refractivity contribution is 8.00. The smallest absolute Gasteiger partial charge is 0.232 e. The first-order valence-corrected chi connectivity index (χ1v) is 13.0. The van der Waals surface area contributed by atoms with E-state index >= 15 is 0 Å². The molecule has 2 aromatic carbocycles. The van der Waals surface area contributed by atoms with Gasteiger partial charge in [-0.1, -0.05) is 24.3 Å². The summed E-state index contributed by atoms with van der Waals surface area (Å²) < 4.78 is 4.27. The first-order valence-electron chi connectivity index (χ1n) is 11.9. The molecule has 2 heterocycles. The maximum Gasteiger partial charge on any atom is 0.232 e. The molecule has 0 saturated heterocycles. The molecule has 184 valence electrons. The third-order valence-electron chi connectivity index (χ3n) is 6.16. The quantitative estimate of drug-likeness (QED) is 0.337. The summed E-state index contributed by atoms with van der Waals surface area (Å²) in [5.41, 5.74) is 4.02. The van der Waals surface area contributed by atoms with Crippen LogP contribution in [0.3, 0.4) is 0 Å². The number of rotatable bonds is 10. The van der Waals surface area contributed by atoms with Gasteiger partial charge in [0.15, 0.2) is 0 Å². The molecule has 0 saturated carbocycles. The molecule has 0 radical (unpaired) electrons. The van der Waals surface area contributed by atoms with Crippen molar-refractivity contribution in [3.8, 4) is 0 Å². The zero-order valence-corrected chi connectivity index (χ0v) is 21.6. The van der Waals surface area contributed by atoms with E-state index in [1.807, 2.05) is 48.5 Å². The molecule has 0 aliphatic carbocycles. The highest BCUT2D eigenvalue weighted by Crippen LogP contribution is 2.19. The minimum atomic E-state index is -0.0204. The van der Waals surface area contributed by atoms with E-state index in [0.717, 1.165) is 46.8 Å². The maximum atomic E-state index is 12.7. The van der Waals surface area contributed by atoms with Gasteiger partial charge in [0.2, 0.25) is 11.8 Å². The van der Waals surface area contributed by atoms with E-state index in [1.165, 1.54) is 11.8 Å². The molecule has 2 aromatic heterocycles. The normalized spacial score (nSPS) is 11.3. The van der Waals surface area contributed by atoms with E-state index in [1.54, 1.807) is 23.9 Å². The molecule has 0 spiro atoms. The number of thioether (sulfide) groups is 1. The number of hydrogen-bond acceptors (Lipinski definition) is 5. The van der Waals surface area contributed by atoms with Gasteiger partial charge in [-0.3, -0.25) is 9.59 Å². The SMILES string of the molecule is CCn1c(CN(C)C(=O)CSCC(=O)N(C)Cc2nc3ccccc3n2CC)nc2ccccc21. The van der Waals surface area contributed by atoms with Gasteiger partial charge < -0.3 is 18.9 Å². The van der Waals surface area contributed by atoms with E-state index in [4.69, 9.17) is 9.97 Å². The standard InChI is InChI=1S/C26H32N6O2S/c1-5-31-21-13-9-7-11-19(21)27-23(31)15-29(3)25(33)17-35-18-26(34)30(4)16-24-28-20-12-8-10-14-22(20)32(24)6-2/h7-14H,5-6,15-18H2,1-4H3. The van der Waals surface area contributed by atoms with E-state index < -0.39 is 0 Å². The summed E-state index contributed by atoms with van der Waals surface area (Å²) in [4.78, 5) is 38.2. The Hall–Kier alpha value is -3.33. The number of carbonyl (C=O) groups is 2. The molecule has 0 aliphatic rings. The Morgan fingerprint density at radius 3 is 1.54 bits per heavy atom. The second-order valence-corrected chi connectivity index (χ2v) is 9.50. The van der Waals surface area contributed by atoms with Crippen molar-refractivity contribution in [3.05, 3.63) is 60.2 Å². The lowest BCUT2D eigenvalue weighted by Gasteiger charge is -2.19. The molecular weight excluding hydrogens is 460 g/mol. The van der Waals surface area contributed by atoms with Gasteiger partial charge in [0.1, 0.15) is 11.6 Å². The van der Waals surface area contributed by atoms with E-state index in [-0.39, 0.29) is 23.3 Å². The summed E-state index contributed by atoms with van der Waals surface area (Å²) >= 11 is 1.34. The van der Waals surface area contributed by atoms with E-state index in [2.05, 4.69) is 23.0 Å². The third kappa shape index (κ3) is 5.35. The monoisotopic (exact) mass is 492 g/mol. The fourth-order valence-corrected chi connectivity index (χ4v) is 5.14. The zero-order chi connectivity index (χ0) is 24.9. The summed E-state index contributed by atoms with van der Waals surface area (Å²) in [6.45, 7) is 6.60. The maximum absolute atomic E-state index is 12.7. The Balaban J connectivity index is 1.29. The molecule has 0 atom stereocenters. The van der Waals surface area contributed by atoms with Crippen LogP contribution in [0.4, 0.5) is 0 Å². The Kier molecular flexibility index (Phi) is 7.75. The van der Waals surface area contributed by atoms with Crippen molar-refractivity contribution >= 4 is 45.6 Å². The lowest BCUT2D eigenvalue weighted by molar-refractivity contribution is -0.127. The van der Waals surface area contributed by atoms with Gasteiger partial charge in [0.05, 0.1) is 46.7 Å². The number of benzene rings is 2. The van der Waals surface area contributed by atoms with Gasteiger partial charge in [0.25, 0.3) is 0 Å². The van der Waals surface area contributed by atoms with Crippen molar-refractivity contribution < 1.29 is 9.59 Å². The predicted octanol–water partition coefficient (Wildman–Crippen LogP) is 3.78. The fraction of sp³-hybridized carbons (Fsp3) is 0.385. The minimum absolute atomic E-state index is 0.0204. The molecule has 2 amide bonds. The highest BCUT2D eigenvalue weighted by atomic mass is 32.2. The molecule has 0 fully saturated rings. The van der Waals surface area contributed by atoms with Crippen molar-refractivity contribution in [2.45, 2.75) is 40.0 Å². The number of fused-ring (bicyclic) bond motifs is 2. The van der Waals surface area contributed by atoms with Crippen LogP contribution in [0.5, 0.6) is 0 Å². The van der Waals surface area contributed by atoms with Crippen molar-refractivity contribution in [1.82, 2.24) is 28.9 Å². The second kappa shape index (κ2) is 10.9. The Bertz CT molecular complexity index is 1240. The topological polar surface area (TPSA) is 76.3 Å². The van der Waals surface area contributed by atoms with Crippen LogP contribution in [-0.2, 0) is 35.8 Å². The molecule has 35 heavy (non-hydrogen) atoms. The lowest BCUT2D eigenvalue weighted by Crippen LogP contribution is -2.31. The number of aryl methyl sites for hydroxylation is 2. The van der Waals surface area contributed by atoms with Crippen LogP contribution in [0.15, 0.2) is 48.5 Å². The number of nitrogens with zero attached hydrogens (tertiary/aromatic N) is 6. The van der Waals surface area contributed by atoms with Gasteiger partial charge in [-0.25, -0.2) is 9.97 Å². The summed E-state index contributed by atoms with van der Waals surface area (Å²) in [6.07, 6.45) is 0. The van der Waals surface area contributed by atoms with Crippen LogP contribution in [0.2, 0.25) is 0 Å². The van der Waals surface area contributed by atoms with Crippen LogP contribution >= 0.6 is 11.8 Å². The Labute approximate surface area is 209 Å². The molecule has 0 unspecified atom stereocenters. The first kappa shape index (κ1) is 24.8. The van der Waals surface area contributed by atoms with Gasteiger partial charge >= 0.3 is 0 Å². The fourth-order valence-electron chi connectivity index (χ4n) is 4.24. The first-order chi connectivity index (χ1) is 16.9. The summed E-state index contributed by atoms with van der Waals surface area (Å²) in [5.74, 6) is 2.18. The van der Waals surface area contributed by atoms with Gasteiger partial charge in [-0.15, -0.1) is 11.8 Å². The average molecular weight is 493 g/mol. The molecule has 0 N–H and O–H groups in total. The molecule has 8 nitrogen and oxygen atoms in total. The summed E-state index contributed by atoms with van der Waals surface area (Å²) in [6, 6.07) is 16.0. The zero-order valence-electron chi connectivity index (χ0n) is 20.8. The molecule has 0 bridgehead atoms. The lowest BCUT2D eigenvalue weighted by atomic mass is 10.3. The Morgan fingerprint density at radius 1 is 0.743 bits per heavy atom. The largest absolute Gasteiger partial charge is 0.338 e. The predicted molar refractivity (Wildman–Crippen MR) is 141 cm³/mol. The summed E-state index contributed by atoms with van der Waals surface area (Å²) in [5, 5.41) is 0. The van der Waals surface area contributed by atoms with Gasteiger partial charge in [0, 0.05) is 27.2 Å².